The molecule has 1 aromatic heterocycles. The zero-order valence-corrected chi connectivity index (χ0v) is 13.9. The lowest BCUT2D eigenvalue weighted by atomic mass is 10.2. The van der Waals surface area contributed by atoms with Crippen molar-refractivity contribution >= 4 is 10.9 Å². The van der Waals surface area contributed by atoms with Crippen LogP contribution in [0.3, 0.4) is 0 Å². The zero-order valence-electron chi connectivity index (χ0n) is 13.9. The smallest absolute Gasteiger partial charge is 0.163 e. The highest BCUT2D eigenvalue weighted by Gasteiger charge is 2.13. The van der Waals surface area contributed by atoms with Gasteiger partial charge in [-0.2, -0.15) is 0 Å². The van der Waals surface area contributed by atoms with Crippen LogP contribution in [0.15, 0.2) is 24.4 Å². The van der Waals surface area contributed by atoms with Crippen LogP contribution in [0.5, 0.6) is 11.5 Å². The molecular weight excluding hydrogens is 290 g/mol. The molecule has 123 valence electrons. The Morgan fingerprint density at radius 1 is 1.17 bits per heavy atom. The standard InChI is InChI=1S/C18H24N3O2/c1-20-8-10-21(11-9-20)7-4-12-23-18-14-16-15(5-3-6-19-16)13-17(18)22-2/h3,6,13-14H,4,7-12H2,1-2H3. The van der Waals surface area contributed by atoms with Gasteiger partial charge < -0.3 is 19.3 Å². The maximum Gasteiger partial charge on any atom is 0.163 e. The van der Waals surface area contributed by atoms with Crippen molar-refractivity contribution in [3.8, 4) is 11.5 Å². The van der Waals surface area contributed by atoms with Crippen molar-refractivity contribution in [2.45, 2.75) is 6.42 Å². The van der Waals surface area contributed by atoms with Gasteiger partial charge in [0.15, 0.2) is 11.5 Å². The number of pyridine rings is 1. The molecule has 2 aromatic rings. The Hall–Kier alpha value is -1.85. The fourth-order valence-corrected chi connectivity index (χ4v) is 2.83. The molecule has 0 N–H and O–H groups in total. The third-order valence-corrected chi connectivity index (χ3v) is 4.28. The minimum absolute atomic E-state index is 0.685. The van der Waals surface area contributed by atoms with Gasteiger partial charge in [0.25, 0.3) is 0 Å². The Kier molecular flexibility index (Phi) is 5.31. The van der Waals surface area contributed by atoms with E-state index in [0.29, 0.717) is 6.61 Å². The first-order chi connectivity index (χ1) is 11.3. The van der Waals surface area contributed by atoms with Crippen LogP contribution in [-0.4, -0.2) is 68.3 Å². The normalized spacial score (nSPS) is 16.6. The molecule has 0 amide bonds. The minimum atomic E-state index is 0.685. The average Bonchev–Trinajstić information content (AvgIpc) is 2.59. The van der Waals surface area contributed by atoms with Gasteiger partial charge in [0.1, 0.15) is 0 Å². The molecule has 0 unspecified atom stereocenters. The SMILES string of the molecule is COc1cc2[c]ccnc2cc1OCCCN1CCN(C)CC1. The molecule has 2 heterocycles. The number of rotatable bonds is 6. The van der Waals surface area contributed by atoms with Gasteiger partial charge in [-0.3, -0.25) is 4.98 Å². The van der Waals surface area contributed by atoms with Gasteiger partial charge in [-0.15, -0.1) is 0 Å². The number of nitrogens with zero attached hydrogens (tertiary/aromatic N) is 3. The number of hydrogen-bond donors (Lipinski definition) is 0. The summed E-state index contributed by atoms with van der Waals surface area (Å²) in [4.78, 5) is 9.22. The van der Waals surface area contributed by atoms with Gasteiger partial charge in [0.2, 0.25) is 0 Å². The lowest BCUT2D eigenvalue weighted by Crippen LogP contribution is -2.44. The molecule has 0 bridgehead atoms. The first-order valence-corrected chi connectivity index (χ1v) is 8.14. The summed E-state index contributed by atoms with van der Waals surface area (Å²) in [6, 6.07) is 8.82. The molecule has 23 heavy (non-hydrogen) atoms. The minimum Gasteiger partial charge on any atom is -0.493 e. The summed E-state index contributed by atoms with van der Waals surface area (Å²) >= 11 is 0. The van der Waals surface area contributed by atoms with E-state index in [1.54, 1.807) is 19.4 Å². The molecule has 1 aromatic carbocycles. The van der Waals surface area contributed by atoms with Crippen molar-refractivity contribution in [1.82, 2.24) is 14.8 Å². The fraction of sp³-hybridized carbons (Fsp3) is 0.500. The second-order valence-electron chi connectivity index (χ2n) is 5.96. The zero-order chi connectivity index (χ0) is 16.1. The van der Waals surface area contributed by atoms with E-state index >= 15 is 0 Å². The molecule has 0 saturated carbocycles. The Morgan fingerprint density at radius 3 is 2.78 bits per heavy atom. The van der Waals surface area contributed by atoms with Gasteiger partial charge in [-0.05, 0) is 31.7 Å². The third kappa shape index (κ3) is 4.12. The maximum atomic E-state index is 5.93. The summed E-state index contributed by atoms with van der Waals surface area (Å²) in [5.74, 6) is 1.49. The van der Waals surface area contributed by atoms with E-state index in [4.69, 9.17) is 9.47 Å². The summed E-state index contributed by atoms with van der Waals surface area (Å²) in [6.07, 6.45) is 2.76. The maximum absolute atomic E-state index is 5.93. The molecular formula is C18H24N3O2. The second-order valence-corrected chi connectivity index (χ2v) is 5.96. The summed E-state index contributed by atoms with van der Waals surface area (Å²) < 4.78 is 11.4. The molecule has 0 spiro atoms. The monoisotopic (exact) mass is 314 g/mol. The highest BCUT2D eigenvalue weighted by atomic mass is 16.5. The van der Waals surface area contributed by atoms with Crippen LogP contribution in [0.2, 0.25) is 0 Å². The van der Waals surface area contributed by atoms with Gasteiger partial charge in [-0.1, -0.05) is 0 Å². The van der Waals surface area contributed by atoms with Crippen LogP contribution in [0.25, 0.3) is 10.9 Å². The molecule has 1 aliphatic rings. The lowest BCUT2D eigenvalue weighted by Gasteiger charge is -2.32. The summed E-state index contributed by atoms with van der Waals surface area (Å²) in [7, 11) is 3.84. The summed E-state index contributed by atoms with van der Waals surface area (Å²) in [5, 5.41) is 0.939. The molecule has 1 aliphatic heterocycles. The van der Waals surface area contributed by atoms with E-state index in [1.807, 2.05) is 12.1 Å². The Labute approximate surface area is 137 Å². The van der Waals surface area contributed by atoms with Crippen LogP contribution in [-0.2, 0) is 0 Å². The van der Waals surface area contributed by atoms with E-state index in [1.165, 1.54) is 0 Å². The molecule has 1 radical (unpaired) electrons. The van der Waals surface area contributed by atoms with Gasteiger partial charge in [0.05, 0.1) is 19.2 Å². The number of likely N-dealkylation sites (N-methyl/N-ethyl adjacent to an activating group) is 1. The van der Waals surface area contributed by atoms with Gasteiger partial charge >= 0.3 is 0 Å². The molecule has 1 saturated heterocycles. The number of fused-ring (bicyclic) bond motifs is 1. The molecule has 0 atom stereocenters. The number of aromatic nitrogens is 1. The second kappa shape index (κ2) is 7.62. The molecule has 1 fully saturated rings. The fourth-order valence-electron chi connectivity index (χ4n) is 2.83. The Balaban J connectivity index is 1.54. The third-order valence-electron chi connectivity index (χ3n) is 4.28. The van der Waals surface area contributed by atoms with Gasteiger partial charge in [0, 0.05) is 50.4 Å². The van der Waals surface area contributed by atoms with Crippen molar-refractivity contribution in [3.63, 3.8) is 0 Å². The number of hydrogen-bond acceptors (Lipinski definition) is 5. The molecule has 0 aliphatic carbocycles. The highest BCUT2D eigenvalue weighted by molar-refractivity contribution is 5.81. The van der Waals surface area contributed by atoms with Crippen LogP contribution in [0, 0.1) is 6.07 Å². The predicted molar refractivity (Wildman–Crippen MR) is 91.2 cm³/mol. The van der Waals surface area contributed by atoms with Crippen LogP contribution in [0.4, 0.5) is 0 Å². The van der Waals surface area contributed by atoms with E-state index in [9.17, 15) is 0 Å². The van der Waals surface area contributed by atoms with E-state index in [2.05, 4.69) is 27.9 Å². The quantitative estimate of drug-likeness (QED) is 0.763. The Bertz CT molecular complexity index is 639. The topological polar surface area (TPSA) is 37.8 Å². The largest absolute Gasteiger partial charge is 0.493 e. The van der Waals surface area contributed by atoms with Crippen LogP contribution >= 0.6 is 0 Å². The van der Waals surface area contributed by atoms with Gasteiger partial charge in [-0.25, -0.2) is 0 Å². The lowest BCUT2D eigenvalue weighted by molar-refractivity contribution is 0.145. The number of piperazine rings is 1. The van der Waals surface area contributed by atoms with Crippen molar-refractivity contribution < 1.29 is 9.47 Å². The van der Waals surface area contributed by atoms with E-state index in [0.717, 1.165) is 61.5 Å². The van der Waals surface area contributed by atoms with E-state index < -0.39 is 0 Å². The molecule has 5 nitrogen and oxygen atoms in total. The molecule has 5 heteroatoms. The van der Waals surface area contributed by atoms with Crippen molar-refractivity contribution in [2.24, 2.45) is 0 Å². The Morgan fingerprint density at radius 2 is 2.00 bits per heavy atom. The van der Waals surface area contributed by atoms with Crippen molar-refractivity contribution in [3.05, 3.63) is 30.5 Å². The van der Waals surface area contributed by atoms with Crippen LogP contribution in [0.1, 0.15) is 6.42 Å². The predicted octanol–water partition coefficient (Wildman–Crippen LogP) is 2.06. The number of ether oxygens (including phenoxy) is 2. The van der Waals surface area contributed by atoms with Crippen LogP contribution < -0.4 is 9.47 Å². The first kappa shape index (κ1) is 16.0. The van der Waals surface area contributed by atoms with Crippen molar-refractivity contribution in [2.75, 3.05) is 53.5 Å². The molecule has 3 rings (SSSR count). The average molecular weight is 314 g/mol. The number of benzene rings is 1. The van der Waals surface area contributed by atoms with E-state index in [-0.39, 0.29) is 0 Å². The first-order valence-electron chi connectivity index (χ1n) is 8.14. The number of methoxy groups -OCH3 is 1. The van der Waals surface area contributed by atoms with Crippen molar-refractivity contribution in [1.29, 1.82) is 0 Å². The highest BCUT2D eigenvalue weighted by Crippen LogP contribution is 2.31. The summed E-state index contributed by atoms with van der Waals surface area (Å²) in [5.41, 5.74) is 0.877. The summed E-state index contributed by atoms with van der Waals surface area (Å²) in [6.45, 7) is 6.37.